The van der Waals surface area contributed by atoms with E-state index >= 15 is 0 Å². The van der Waals surface area contributed by atoms with Crippen LogP contribution in [-0.4, -0.2) is 40.4 Å². The number of benzene rings is 1. The van der Waals surface area contributed by atoms with Crippen molar-refractivity contribution >= 4 is 11.8 Å². The summed E-state index contributed by atoms with van der Waals surface area (Å²) in [4.78, 5) is 10.6. The fourth-order valence-corrected chi connectivity index (χ4v) is 3.58. The number of nitrogens with one attached hydrogen (secondary N) is 1. The Kier molecular flexibility index (Phi) is 4.62. The number of methoxy groups -OCH3 is 1. The number of piperidine rings is 1. The second kappa shape index (κ2) is 7.22. The minimum Gasteiger partial charge on any atom is -0.481 e. The van der Waals surface area contributed by atoms with Crippen LogP contribution in [-0.2, 0) is 0 Å². The molecule has 0 amide bonds. The molecule has 8 heteroatoms. The topological polar surface area (TPSA) is 93.0 Å². The van der Waals surface area contributed by atoms with Crippen molar-refractivity contribution in [3.05, 3.63) is 48.0 Å². The number of rotatable bonds is 4. The highest BCUT2D eigenvalue weighted by atomic mass is 19.1. The Morgan fingerprint density at radius 2 is 2.07 bits per heavy atom. The van der Waals surface area contributed by atoms with Crippen LogP contribution in [0.5, 0.6) is 5.88 Å². The van der Waals surface area contributed by atoms with E-state index in [9.17, 15) is 4.39 Å². The van der Waals surface area contributed by atoms with Gasteiger partial charge in [-0.1, -0.05) is 12.1 Å². The average molecular weight is 368 g/mol. The van der Waals surface area contributed by atoms with Gasteiger partial charge in [-0.15, -0.1) is 0 Å². The lowest BCUT2D eigenvalue weighted by molar-refractivity contribution is 0.397. The zero-order valence-electron chi connectivity index (χ0n) is 15.0. The molecule has 4 rings (SSSR count). The number of ether oxygens (including phenoxy) is 1. The number of anilines is 2. The Hall–Kier alpha value is -3.16. The second-order valence-corrected chi connectivity index (χ2v) is 6.62. The van der Waals surface area contributed by atoms with Crippen LogP contribution < -0.4 is 15.4 Å². The average Bonchev–Trinajstić information content (AvgIpc) is 3.18. The standard InChI is InChI=1S/C19H21FN6O/c1-27-17-9-16(23-19(21)24-17)26-8-2-3-13(11-26)18-15(10-22-25-18)12-4-6-14(20)7-5-12/h4-7,9-10,13H,2-3,8,11H2,1H3,(H,22,25)(H2,21,23,24)/t13-/m1/s1. The molecule has 0 spiro atoms. The zero-order chi connectivity index (χ0) is 18.8. The van der Waals surface area contributed by atoms with Crippen LogP contribution in [0.4, 0.5) is 16.2 Å². The molecule has 3 N–H and O–H groups in total. The Labute approximate surface area is 156 Å². The van der Waals surface area contributed by atoms with Gasteiger partial charge in [0, 0.05) is 36.3 Å². The van der Waals surface area contributed by atoms with Gasteiger partial charge < -0.3 is 15.4 Å². The Morgan fingerprint density at radius 3 is 2.85 bits per heavy atom. The van der Waals surface area contributed by atoms with Crippen molar-refractivity contribution < 1.29 is 9.13 Å². The summed E-state index contributed by atoms with van der Waals surface area (Å²) >= 11 is 0. The van der Waals surface area contributed by atoms with Crippen molar-refractivity contribution in [3.8, 4) is 17.0 Å². The number of aromatic nitrogens is 4. The molecule has 3 heterocycles. The van der Waals surface area contributed by atoms with Crippen molar-refractivity contribution in [1.29, 1.82) is 0 Å². The van der Waals surface area contributed by atoms with E-state index in [1.807, 2.05) is 0 Å². The quantitative estimate of drug-likeness (QED) is 0.735. The number of H-pyrrole nitrogens is 1. The summed E-state index contributed by atoms with van der Waals surface area (Å²) in [5, 5.41) is 7.37. The van der Waals surface area contributed by atoms with Crippen LogP contribution in [0.15, 0.2) is 36.5 Å². The molecule has 1 atom stereocenters. The monoisotopic (exact) mass is 368 g/mol. The third kappa shape index (κ3) is 3.55. The predicted molar refractivity (Wildman–Crippen MR) is 101 cm³/mol. The van der Waals surface area contributed by atoms with Gasteiger partial charge in [-0.3, -0.25) is 5.10 Å². The first kappa shape index (κ1) is 17.3. The fraction of sp³-hybridized carbons (Fsp3) is 0.316. The van der Waals surface area contributed by atoms with Gasteiger partial charge in [0.15, 0.2) is 0 Å². The lowest BCUT2D eigenvalue weighted by Crippen LogP contribution is -2.35. The third-order valence-corrected chi connectivity index (χ3v) is 4.89. The highest BCUT2D eigenvalue weighted by Gasteiger charge is 2.26. The number of aromatic amines is 1. The minimum atomic E-state index is -0.247. The van der Waals surface area contributed by atoms with Crippen molar-refractivity contribution in [3.63, 3.8) is 0 Å². The smallest absolute Gasteiger partial charge is 0.225 e. The van der Waals surface area contributed by atoms with Gasteiger partial charge in [0.1, 0.15) is 11.6 Å². The zero-order valence-corrected chi connectivity index (χ0v) is 15.0. The first-order chi connectivity index (χ1) is 13.1. The maximum absolute atomic E-state index is 13.3. The van der Waals surface area contributed by atoms with E-state index in [1.165, 1.54) is 12.1 Å². The normalized spacial score (nSPS) is 17.1. The fourth-order valence-electron chi connectivity index (χ4n) is 3.58. The number of nitrogen functional groups attached to an aromatic ring is 1. The first-order valence-corrected chi connectivity index (χ1v) is 8.86. The van der Waals surface area contributed by atoms with Crippen molar-refractivity contribution in [2.24, 2.45) is 0 Å². The van der Waals surface area contributed by atoms with E-state index in [2.05, 4.69) is 25.1 Å². The molecule has 0 saturated carbocycles. The second-order valence-electron chi connectivity index (χ2n) is 6.62. The molecule has 1 fully saturated rings. The molecule has 140 valence electrons. The van der Waals surface area contributed by atoms with Gasteiger partial charge in [0.2, 0.25) is 11.8 Å². The van der Waals surface area contributed by atoms with E-state index in [4.69, 9.17) is 10.5 Å². The summed E-state index contributed by atoms with van der Waals surface area (Å²) in [5.41, 5.74) is 8.81. The van der Waals surface area contributed by atoms with E-state index < -0.39 is 0 Å². The van der Waals surface area contributed by atoms with Crippen molar-refractivity contribution in [2.45, 2.75) is 18.8 Å². The van der Waals surface area contributed by atoms with Gasteiger partial charge in [0.25, 0.3) is 0 Å². The van der Waals surface area contributed by atoms with Crippen LogP contribution in [0, 0.1) is 5.82 Å². The van der Waals surface area contributed by atoms with Crippen molar-refractivity contribution in [2.75, 3.05) is 30.8 Å². The highest BCUT2D eigenvalue weighted by molar-refractivity contribution is 5.66. The van der Waals surface area contributed by atoms with Gasteiger partial charge in [-0.25, -0.2) is 4.39 Å². The van der Waals surface area contributed by atoms with Crippen LogP contribution in [0.3, 0.4) is 0 Å². The predicted octanol–water partition coefficient (Wildman–Crippen LogP) is 2.98. The van der Waals surface area contributed by atoms with Gasteiger partial charge in [-0.05, 0) is 30.5 Å². The Balaban J connectivity index is 1.60. The molecule has 3 aromatic rings. The number of nitrogens with zero attached hydrogens (tertiary/aromatic N) is 4. The van der Waals surface area contributed by atoms with Gasteiger partial charge >= 0.3 is 0 Å². The Bertz CT molecular complexity index is 926. The summed E-state index contributed by atoms with van der Waals surface area (Å²) < 4.78 is 18.5. The van der Waals surface area contributed by atoms with E-state index in [1.54, 1.807) is 31.5 Å². The summed E-state index contributed by atoms with van der Waals surface area (Å²) in [6.07, 6.45) is 3.84. The number of nitrogens with two attached hydrogens (primary N) is 1. The molecule has 1 aliphatic heterocycles. The Morgan fingerprint density at radius 1 is 1.26 bits per heavy atom. The molecular weight excluding hydrogens is 347 g/mol. The van der Waals surface area contributed by atoms with Crippen molar-refractivity contribution in [1.82, 2.24) is 20.2 Å². The van der Waals surface area contributed by atoms with Crippen LogP contribution in [0.2, 0.25) is 0 Å². The molecule has 0 unspecified atom stereocenters. The molecule has 0 aliphatic carbocycles. The maximum atomic E-state index is 13.3. The molecule has 7 nitrogen and oxygen atoms in total. The molecule has 27 heavy (non-hydrogen) atoms. The number of halogens is 1. The largest absolute Gasteiger partial charge is 0.481 e. The van der Waals surface area contributed by atoms with Gasteiger partial charge in [0.05, 0.1) is 13.3 Å². The van der Waals surface area contributed by atoms with E-state index in [-0.39, 0.29) is 17.7 Å². The number of hydrogen-bond acceptors (Lipinski definition) is 6. The lowest BCUT2D eigenvalue weighted by atomic mass is 9.90. The third-order valence-electron chi connectivity index (χ3n) is 4.89. The number of hydrogen-bond donors (Lipinski definition) is 2. The molecule has 1 aliphatic rings. The van der Waals surface area contributed by atoms with E-state index in [0.717, 1.165) is 48.6 Å². The minimum absolute atomic E-state index is 0.194. The molecule has 2 aromatic heterocycles. The highest BCUT2D eigenvalue weighted by Crippen LogP contribution is 2.34. The van der Waals surface area contributed by atoms with Gasteiger partial charge in [-0.2, -0.15) is 15.1 Å². The maximum Gasteiger partial charge on any atom is 0.225 e. The van der Waals surface area contributed by atoms with Crippen LogP contribution in [0.25, 0.3) is 11.1 Å². The summed E-state index contributed by atoms with van der Waals surface area (Å²) in [7, 11) is 1.56. The molecule has 1 saturated heterocycles. The van der Waals surface area contributed by atoms with Crippen LogP contribution in [0.1, 0.15) is 24.5 Å². The SMILES string of the molecule is COc1cc(N2CCC[C@@H](c3[nH]ncc3-c3ccc(F)cc3)C2)nc(N)n1. The molecule has 1 aromatic carbocycles. The van der Waals surface area contributed by atoms with Crippen LogP contribution >= 0.6 is 0 Å². The summed E-state index contributed by atoms with van der Waals surface area (Å²) in [6, 6.07) is 8.29. The summed E-state index contributed by atoms with van der Waals surface area (Å²) in [5.74, 6) is 1.41. The first-order valence-electron chi connectivity index (χ1n) is 8.86. The summed E-state index contributed by atoms with van der Waals surface area (Å²) in [6.45, 7) is 1.66. The lowest BCUT2D eigenvalue weighted by Gasteiger charge is -2.33. The van der Waals surface area contributed by atoms with E-state index in [0.29, 0.717) is 5.88 Å². The molecule has 0 radical (unpaired) electrons. The molecular formula is C19H21FN6O. The molecule has 0 bridgehead atoms.